The largest absolute Gasteiger partial charge is 0.508 e. The number of ether oxygens (including phenoxy) is 1. The molecule has 0 radical (unpaired) electrons. The SMILES string of the molecule is Cc1cccc(C(=O)Oc2cc(Br)cc(C=NC(Cc3ccc(O)cc3)C(=O)O)c2O)c1. The summed E-state index contributed by atoms with van der Waals surface area (Å²) in [4.78, 5) is 28.2. The monoisotopic (exact) mass is 497 g/mol. The number of hydrogen-bond donors (Lipinski definition) is 3. The molecule has 0 amide bonds. The third-order valence-electron chi connectivity index (χ3n) is 4.57. The van der Waals surface area contributed by atoms with Gasteiger partial charge in [-0.2, -0.15) is 0 Å². The van der Waals surface area contributed by atoms with Gasteiger partial charge in [-0.25, -0.2) is 9.59 Å². The van der Waals surface area contributed by atoms with Crippen LogP contribution in [-0.2, 0) is 11.2 Å². The molecule has 0 aliphatic heterocycles. The van der Waals surface area contributed by atoms with Crippen LogP contribution in [0.1, 0.15) is 27.0 Å². The number of carboxylic acids is 1. The second-order valence-corrected chi connectivity index (χ2v) is 8.02. The summed E-state index contributed by atoms with van der Waals surface area (Å²) in [6, 6.07) is 14.8. The molecule has 0 aliphatic rings. The normalized spacial score (nSPS) is 11.9. The molecule has 0 aromatic heterocycles. The molecule has 0 heterocycles. The Morgan fingerprint density at radius 2 is 1.81 bits per heavy atom. The Bertz CT molecular complexity index is 1170. The van der Waals surface area contributed by atoms with Crippen LogP contribution in [-0.4, -0.2) is 39.5 Å². The summed E-state index contributed by atoms with van der Waals surface area (Å²) in [7, 11) is 0. The molecule has 3 N–H and O–H groups in total. The third-order valence-corrected chi connectivity index (χ3v) is 5.03. The summed E-state index contributed by atoms with van der Waals surface area (Å²) >= 11 is 3.30. The van der Waals surface area contributed by atoms with Crippen LogP contribution in [0.15, 0.2) is 70.1 Å². The highest BCUT2D eigenvalue weighted by Crippen LogP contribution is 2.33. The molecule has 0 bridgehead atoms. The summed E-state index contributed by atoms with van der Waals surface area (Å²) in [6.45, 7) is 1.85. The van der Waals surface area contributed by atoms with Crippen LogP contribution in [0.5, 0.6) is 17.2 Å². The molecule has 1 unspecified atom stereocenters. The molecule has 8 heteroatoms. The molecule has 0 saturated heterocycles. The Hall–Kier alpha value is -3.65. The van der Waals surface area contributed by atoms with Crippen LogP contribution < -0.4 is 4.74 Å². The van der Waals surface area contributed by atoms with Crippen molar-refractivity contribution in [1.82, 2.24) is 0 Å². The summed E-state index contributed by atoms with van der Waals surface area (Å²) in [5, 5.41) is 29.4. The quantitative estimate of drug-likeness (QED) is 0.251. The average molecular weight is 498 g/mol. The van der Waals surface area contributed by atoms with Crippen LogP contribution in [0.4, 0.5) is 0 Å². The second kappa shape index (κ2) is 10.1. The lowest BCUT2D eigenvalue weighted by atomic mass is 10.1. The molecule has 1 atom stereocenters. The van der Waals surface area contributed by atoms with E-state index in [0.29, 0.717) is 15.6 Å². The number of aromatic hydroxyl groups is 2. The van der Waals surface area contributed by atoms with E-state index in [-0.39, 0.29) is 29.2 Å². The highest BCUT2D eigenvalue weighted by atomic mass is 79.9. The summed E-state index contributed by atoms with van der Waals surface area (Å²) in [5.41, 5.74) is 2.08. The lowest BCUT2D eigenvalue weighted by molar-refractivity contribution is -0.138. The van der Waals surface area contributed by atoms with Crippen molar-refractivity contribution in [3.8, 4) is 17.2 Å². The van der Waals surface area contributed by atoms with Crippen LogP contribution in [0.3, 0.4) is 0 Å². The van der Waals surface area contributed by atoms with Crippen molar-refractivity contribution in [2.45, 2.75) is 19.4 Å². The minimum absolute atomic E-state index is 0.0796. The lowest BCUT2D eigenvalue weighted by Gasteiger charge is -2.11. The predicted octanol–water partition coefficient (Wildman–Crippen LogP) is 4.50. The first-order chi connectivity index (χ1) is 15.2. The topological polar surface area (TPSA) is 116 Å². The standard InChI is InChI=1S/C24H20BrNO6/c1-14-3-2-4-16(9-14)24(31)32-21-12-18(25)11-17(22(21)28)13-26-20(23(29)30)10-15-5-7-19(27)8-6-15/h2-9,11-13,20,27-28H,10H2,1H3,(H,29,30). The third kappa shape index (κ3) is 5.95. The van der Waals surface area contributed by atoms with Crippen molar-refractivity contribution in [2.75, 3.05) is 0 Å². The van der Waals surface area contributed by atoms with E-state index in [1.807, 2.05) is 13.0 Å². The molecule has 3 aromatic rings. The smallest absolute Gasteiger partial charge is 0.343 e. The summed E-state index contributed by atoms with van der Waals surface area (Å²) in [6.07, 6.45) is 1.32. The number of halogens is 1. The van der Waals surface area contributed by atoms with Gasteiger partial charge in [-0.3, -0.25) is 4.99 Å². The second-order valence-electron chi connectivity index (χ2n) is 7.10. The fraction of sp³-hybridized carbons (Fsp3) is 0.125. The number of aryl methyl sites for hydroxylation is 1. The number of carbonyl (C=O) groups is 2. The number of carbonyl (C=O) groups excluding carboxylic acids is 1. The zero-order valence-electron chi connectivity index (χ0n) is 17.0. The van der Waals surface area contributed by atoms with Crippen LogP contribution >= 0.6 is 15.9 Å². The van der Waals surface area contributed by atoms with Crippen LogP contribution in [0.25, 0.3) is 0 Å². The molecule has 3 aromatic carbocycles. The van der Waals surface area contributed by atoms with Gasteiger partial charge in [-0.15, -0.1) is 0 Å². The van der Waals surface area contributed by atoms with E-state index >= 15 is 0 Å². The number of nitrogens with zero attached hydrogens (tertiary/aromatic N) is 1. The van der Waals surface area contributed by atoms with E-state index in [9.17, 15) is 24.9 Å². The van der Waals surface area contributed by atoms with Crippen LogP contribution in [0, 0.1) is 6.92 Å². The Morgan fingerprint density at radius 3 is 2.47 bits per heavy atom. The van der Waals surface area contributed by atoms with E-state index in [1.54, 1.807) is 30.3 Å². The van der Waals surface area contributed by atoms with Gasteiger partial charge in [-0.1, -0.05) is 45.8 Å². The van der Waals surface area contributed by atoms with Crippen molar-refractivity contribution in [3.05, 3.63) is 87.4 Å². The van der Waals surface area contributed by atoms with Crippen molar-refractivity contribution in [2.24, 2.45) is 4.99 Å². The highest BCUT2D eigenvalue weighted by Gasteiger charge is 2.18. The van der Waals surface area contributed by atoms with Gasteiger partial charge in [0.25, 0.3) is 0 Å². The summed E-state index contributed by atoms with van der Waals surface area (Å²) in [5.74, 6) is -2.13. The van der Waals surface area contributed by atoms with Gasteiger partial charge in [-0.05, 0) is 48.9 Å². The predicted molar refractivity (Wildman–Crippen MR) is 123 cm³/mol. The zero-order chi connectivity index (χ0) is 23.3. The number of benzene rings is 3. The Balaban J connectivity index is 1.83. The van der Waals surface area contributed by atoms with Crippen molar-refractivity contribution in [1.29, 1.82) is 0 Å². The van der Waals surface area contributed by atoms with Gasteiger partial charge >= 0.3 is 11.9 Å². The number of rotatable bonds is 7. The number of aliphatic imine (C=N–C) groups is 1. The van der Waals surface area contributed by atoms with Crippen molar-refractivity contribution >= 4 is 34.1 Å². The molecule has 0 fully saturated rings. The Morgan fingerprint density at radius 1 is 1.09 bits per heavy atom. The van der Waals surface area contributed by atoms with Gasteiger partial charge in [0.05, 0.1) is 5.56 Å². The molecule has 0 spiro atoms. The number of hydrogen-bond acceptors (Lipinski definition) is 6. The number of aliphatic carboxylic acids is 1. The molecular formula is C24H20BrNO6. The fourth-order valence-corrected chi connectivity index (χ4v) is 3.39. The van der Waals surface area contributed by atoms with E-state index in [0.717, 1.165) is 5.56 Å². The van der Waals surface area contributed by atoms with Gasteiger partial charge in [0.1, 0.15) is 5.75 Å². The minimum Gasteiger partial charge on any atom is -0.508 e. The van der Waals surface area contributed by atoms with E-state index in [4.69, 9.17) is 4.74 Å². The zero-order valence-corrected chi connectivity index (χ0v) is 18.6. The highest BCUT2D eigenvalue weighted by molar-refractivity contribution is 9.10. The first-order valence-corrected chi connectivity index (χ1v) is 10.4. The Labute approximate surface area is 192 Å². The summed E-state index contributed by atoms with van der Waals surface area (Å²) < 4.78 is 5.86. The first-order valence-electron chi connectivity index (χ1n) is 9.58. The van der Waals surface area contributed by atoms with Gasteiger partial charge in [0, 0.05) is 22.7 Å². The molecule has 3 rings (SSSR count). The minimum atomic E-state index is -1.14. The maximum Gasteiger partial charge on any atom is 0.343 e. The average Bonchev–Trinajstić information content (AvgIpc) is 2.75. The van der Waals surface area contributed by atoms with Crippen molar-refractivity contribution in [3.63, 3.8) is 0 Å². The van der Waals surface area contributed by atoms with Gasteiger partial charge < -0.3 is 20.1 Å². The van der Waals surface area contributed by atoms with Crippen LogP contribution in [0.2, 0.25) is 0 Å². The number of esters is 1. The molecular weight excluding hydrogens is 478 g/mol. The maximum absolute atomic E-state index is 12.4. The number of phenols is 2. The van der Waals surface area contributed by atoms with Crippen molar-refractivity contribution < 1.29 is 29.6 Å². The molecule has 32 heavy (non-hydrogen) atoms. The molecule has 7 nitrogen and oxygen atoms in total. The fourth-order valence-electron chi connectivity index (χ4n) is 2.93. The van der Waals surface area contributed by atoms with Gasteiger partial charge in [0.15, 0.2) is 17.5 Å². The van der Waals surface area contributed by atoms with E-state index in [2.05, 4.69) is 20.9 Å². The maximum atomic E-state index is 12.4. The van der Waals surface area contributed by atoms with Gasteiger partial charge in [0.2, 0.25) is 0 Å². The number of carboxylic acid groups (broad SMARTS) is 1. The first kappa shape index (κ1) is 23.0. The van der Waals surface area contributed by atoms with E-state index < -0.39 is 18.0 Å². The number of phenolic OH excluding ortho intramolecular Hbond substituents is 2. The molecule has 0 aliphatic carbocycles. The Kier molecular flexibility index (Phi) is 7.27. The molecule has 164 valence electrons. The van der Waals surface area contributed by atoms with E-state index in [1.165, 1.54) is 30.5 Å². The lowest BCUT2D eigenvalue weighted by Crippen LogP contribution is -2.21. The molecule has 0 saturated carbocycles.